The van der Waals surface area contributed by atoms with Gasteiger partial charge in [-0.2, -0.15) is 5.10 Å². The molecule has 0 spiro atoms. The molecular formula is C20H25N3O3. The second-order valence-electron chi connectivity index (χ2n) is 6.83. The van der Waals surface area contributed by atoms with E-state index >= 15 is 0 Å². The predicted molar refractivity (Wildman–Crippen MR) is 98.0 cm³/mol. The van der Waals surface area contributed by atoms with Gasteiger partial charge in [-0.25, -0.2) is 0 Å². The summed E-state index contributed by atoms with van der Waals surface area (Å²) in [6.07, 6.45) is 4.68. The fourth-order valence-electron chi connectivity index (χ4n) is 3.52. The van der Waals surface area contributed by atoms with Gasteiger partial charge in [0.2, 0.25) is 0 Å². The van der Waals surface area contributed by atoms with Gasteiger partial charge in [-0.1, -0.05) is 43.7 Å². The van der Waals surface area contributed by atoms with Gasteiger partial charge in [0.05, 0.1) is 29.9 Å². The lowest BCUT2D eigenvalue weighted by molar-refractivity contribution is -0.143. The molecule has 6 nitrogen and oxygen atoms in total. The lowest BCUT2D eigenvalue weighted by Gasteiger charge is -2.30. The van der Waals surface area contributed by atoms with E-state index in [1.807, 2.05) is 35.0 Å². The van der Waals surface area contributed by atoms with Crippen LogP contribution in [-0.4, -0.2) is 44.8 Å². The molecule has 0 bridgehead atoms. The van der Waals surface area contributed by atoms with Crippen molar-refractivity contribution in [3.05, 3.63) is 53.3 Å². The molecule has 1 fully saturated rings. The lowest BCUT2D eigenvalue weighted by atomic mass is 9.97. The van der Waals surface area contributed by atoms with Crippen LogP contribution in [0.25, 0.3) is 0 Å². The van der Waals surface area contributed by atoms with Crippen LogP contribution in [0.5, 0.6) is 0 Å². The predicted octanol–water partition coefficient (Wildman–Crippen LogP) is 2.82. The third-order valence-electron chi connectivity index (χ3n) is 4.90. The number of carboxylic acid groups (broad SMARTS) is 1. The summed E-state index contributed by atoms with van der Waals surface area (Å²) in [5.74, 6) is -1.39. The molecule has 138 valence electrons. The molecule has 1 aliphatic rings. The monoisotopic (exact) mass is 355 g/mol. The summed E-state index contributed by atoms with van der Waals surface area (Å²) in [5.41, 5.74) is 2.67. The van der Waals surface area contributed by atoms with Gasteiger partial charge in [0, 0.05) is 13.1 Å². The van der Waals surface area contributed by atoms with E-state index in [1.54, 1.807) is 11.1 Å². The Kier molecular flexibility index (Phi) is 5.71. The van der Waals surface area contributed by atoms with Gasteiger partial charge in [-0.05, 0) is 24.8 Å². The first kappa shape index (κ1) is 18.2. The molecule has 1 saturated heterocycles. The number of carbonyl (C=O) groups excluding carboxylic acids is 1. The van der Waals surface area contributed by atoms with Crippen molar-refractivity contribution in [2.24, 2.45) is 5.92 Å². The summed E-state index contributed by atoms with van der Waals surface area (Å²) in [5, 5.41) is 13.7. The van der Waals surface area contributed by atoms with Crippen molar-refractivity contribution < 1.29 is 14.7 Å². The molecule has 3 rings (SSSR count). The average molecular weight is 355 g/mol. The third-order valence-corrected chi connectivity index (χ3v) is 4.90. The lowest BCUT2D eigenvalue weighted by Crippen LogP contribution is -2.42. The van der Waals surface area contributed by atoms with Gasteiger partial charge in [-0.15, -0.1) is 0 Å². The fourth-order valence-corrected chi connectivity index (χ4v) is 3.52. The molecule has 1 amide bonds. The van der Waals surface area contributed by atoms with E-state index in [2.05, 4.69) is 12.0 Å². The average Bonchev–Trinajstić information content (AvgIpc) is 3.05. The molecule has 1 atom stereocenters. The Bertz CT molecular complexity index is 770. The topological polar surface area (TPSA) is 75.4 Å². The van der Waals surface area contributed by atoms with Crippen molar-refractivity contribution in [3.63, 3.8) is 0 Å². The number of piperidine rings is 1. The van der Waals surface area contributed by atoms with Crippen LogP contribution in [0, 0.1) is 5.92 Å². The van der Waals surface area contributed by atoms with Crippen LogP contribution in [0.3, 0.4) is 0 Å². The molecule has 1 aromatic heterocycles. The van der Waals surface area contributed by atoms with E-state index < -0.39 is 11.9 Å². The largest absolute Gasteiger partial charge is 0.481 e. The number of likely N-dealkylation sites (tertiary alicyclic amines) is 1. The molecule has 0 radical (unpaired) electrons. The second-order valence-corrected chi connectivity index (χ2v) is 6.83. The summed E-state index contributed by atoms with van der Waals surface area (Å²) in [6.45, 7) is 3.60. The van der Waals surface area contributed by atoms with E-state index in [1.165, 1.54) is 0 Å². The minimum Gasteiger partial charge on any atom is -0.481 e. The van der Waals surface area contributed by atoms with Gasteiger partial charge < -0.3 is 10.0 Å². The van der Waals surface area contributed by atoms with Crippen LogP contribution >= 0.6 is 0 Å². The van der Waals surface area contributed by atoms with E-state index in [0.717, 1.165) is 30.5 Å². The zero-order chi connectivity index (χ0) is 18.5. The first-order chi connectivity index (χ1) is 12.6. The van der Waals surface area contributed by atoms with Crippen LogP contribution in [-0.2, 0) is 17.8 Å². The van der Waals surface area contributed by atoms with Crippen LogP contribution in [0.1, 0.15) is 47.8 Å². The Labute approximate surface area is 153 Å². The Balaban J connectivity index is 1.82. The third kappa shape index (κ3) is 3.95. The van der Waals surface area contributed by atoms with Crippen LogP contribution in [0.15, 0.2) is 36.5 Å². The molecule has 1 aliphatic heterocycles. The molecule has 6 heteroatoms. The molecule has 0 saturated carbocycles. The smallest absolute Gasteiger partial charge is 0.308 e. The van der Waals surface area contributed by atoms with E-state index in [4.69, 9.17) is 0 Å². The maximum absolute atomic E-state index is 13.0. The van der Waals surface area contributed by atoms with Gasteiger partial charge in [0.15, 0.2) is 0 Å². The van der Waals surface area contributed by atoms with E-state index in [9.17, 15) is 14.7 Å². The number of amides is 1. The van der Waals surface area contributed by atoms with Crippen LogP contribution in [0.4, 0.5) is 0 Å². The fraction of sp³-hybridized carbons (Fsp3) is 0.450. The molecular weight excluding hydrogens is 330 g/mol. The molecule has 0 unspecified atom stereocenters. The number of rotatable bonds is 6. The number of hydrogen-bond acceptors (Lipinski definition) is 3. The normalized spacial score (nSPS) is 17.3. The Morgan fingerprint density at radius 1 is 1.27 bits per heavy atom. The van der Waals surface area contributed by atoms with Gasteiger partial charge >= 0.3 is 5.97 Å². The highest BCUT2D eigenvalue weighted by molar-refractivity contribution is 5.95. The van der Waals surface area contributed by atoms with E-state index in [-0.39, 0.29) is 12.5 Å². The Morgan fingerprint density at radius 3 is 2.73 bits per heavy atom. The number of aliphatic carboxylic acids is 1. The highest BCUT2D eigenvalue weighted by Crippen LogP contribution is 2.21. The summed E-state index contributed by atoms with van der Waals surface area (Å²) < 4.78 is 1.89. The van der Waals surface area contributed by atoms with Crippen molar-refractivity contribution in [2.45, 2.75) is 39.2 Å². The zero-order valence-corrected chi connectivity index (χ0v) is 15.1. The SMILES string of the molecule is CCCc1c(C(=O)N2CCC[C@@H](C(=O)O)C2)cnn1Cc1ccccc1. The molecule has 2 aromatic rings. The van der Waals surface area contributed by atoms with Gasteiger partial charge in [0.25, 0.3) is 5.91 Å². The highest BCUT2D eigenvalue weighted by atomic mass is 16.4. The van der Waals surface area contributed by atoms with Crippen LogP contribution < -0.4 is 0 Å². The van der Waals surface area contributed by atoms with Crippen molar-refractivity contribution in [1.82, 2.24) is 14.7 Å². The van der Waals surface area contributed by atoms with Gasteiger partial charge in [0.1, 0.15) is 0 Å². The molecule has 26 heavy (non-hydrogen) atoms. The van der Waals surface area contributed by atoms with E-state index in [0.29, 0.717) is 25.1 Å². The maximum Gasteiger partial charge on any atom is 0.308 e. The van der Waals surface area contributed by atoms with Crippen molar-refractivity contribution in [2.75, 3.05) is 13.1 Å². The number of carboxylic acids is 1. The second kappa shape index (κ2) is 8.17. The van der Waals surface area contributed by atoms with Crippen molar-refractivity contribution >= 4 is 11.9 Å². The first-order valence-electron chi connectivity index (χ1n) is 9.20. The maximum atomic E-state index is 13.0. The standard InChI is InChI=1S/C20H25N3O3/c1-2-7-18-17(12-21-23(18)13-15-8-4-3-5-9-15)19(24)22-11-6-10-16(14-22)20(25)26/h3-5,8-9,12,16H,2,6-7,10-11,13-14H2,1H3,(H,25,26)/t16-/m1/s1. The molecule has 1 N–H and O–H groups in total. The molecule has 1 aromatic carbocycles. The summed E-state index contributed by atoms with van der Waals surface area (Å²) in [6, 6.07) is 10.0. The quantitative estimate of drug-likeness (QED) is 0.864. The summed E-state index contributed by atoms with van der Waals surface area (Å²) in [7, 11) is 0. The molecule has 0 aliphatic carbocycles. The first-order valence-corrected chi connectivity index (χ1v) is 9.20. The summed E-state index contributed by atoms with van der Waals surface area (Å²) >= 11 is 0. The number of hydrogen-bond donors (Lipinski definition) is 1. The molecule has 2 heterocycles. The number of carbonyl (C=O) groups is 2. The highest BCUT2D eigenvalue weighted by Gasteiger charge is 2.30. The number of benzene rings is 1. The Morgan fingerprint density at radius 2 is 2.04 bits per heavy atom. The van der Waals surface area contributed by atoms with Crippen LogP contribution in [0.2, 0.25) is 0 Å². The van der Waals surface area contributed by atoms with Crippen molar-refractivity contribution in [1.29, 1.82) is 0 Å². The Hall–Kier alpha value is -2.63. The summed E-state index contributed by atoms with van der Waals surface area (Å²) in [4.78, 5) is 26.0. The minimum absolute atomic E-state index is 0.0984. The number of nitrogens with zero attached hydrogens (tertiary/aromatic N) is 3. The zero-order valence-electron chi connectivity index (χ0n) is 15.1. The van der Waals surface area contributed by atoms with Gasteiger partial charge in [-0.3, -0.25) is 14.3 Å². The van der Waals surface area contributed by atoms with Crippen molar-refractivity contribution in [3.8, 4) is 0 Å². The minimum atomic E-state index is -0.823. The number of aromatic nitrogens is 2.